The van der Waals surface area contributed by atoms with Gasteiger partial charge in [0.15, 0.2) is 5.78 Å². The van der Waals surface area contributed by atoms with Crippen LogP contribution in [0.1, 0.15) is 41.3 Å². The topological polar surface area (TPSA) is 94.2 Å². The Kier molecular flexibility index (Phi) is 11.5. The van der Waals surface area contributed by atoms with Gasteiger partial charge in [0.2, 0.25) is 5.91 Å². The molecule has 0 saturated heterocycles. The molecule has 0 saturated carbocycles. The second-order valence-electron chi connectivity index (χ2n) is 10.2. The van der Waals surface area contributed by atoms with E-state index in [9.17, 15) is 14.4 Å². The van der Waals surface area contributed by atoms with E-state index >= 15 is 0 Å². The molecule has 228 valence electrons. The molecular weight excluding hydrogens is 556 g/mol. The molecule has 0 bridgehead atoms. The van der Waals surface area contributed by atoms with Gasteiger partial charge in [0.25, 0.3) is 0 Å². The zero-order valence-corrected chi connectivity index (χ0v) is 25.3. The van der Waals surface area contributed by atoms with Gasteiger partial charge < -0.3 is 24.4 Å². The monoisotopic (exact) mass is 594 g/mol. The van der Waals surface area contributed by atoms with Crippen LogP contribution in [0.15, 0.2) is 103 Å². The van der Waals surface area contributed by atoms with Gasteiger partial charge in [-0.05, 0) is 48.4 Å². The van der Waals surface area contributed by atoms with Crippen LogP contribution in [0, 0.1) is 0 Å². The Hall–Kier alpha value is -5.11. The zero-order valence-electron chi connectivity index (χ0n) is 25.3. The summed E-state index contributed by atoms with van der Waals surface area (Å²) in [6.45, 7) is 2.65. The number of methoxy groups -OCH3 is 2. The number of nitrogens with one attached hydrogen (secondary N) is 1. The number of nitrogens with zero attached hydrogens (tertiary/aromatic N) is 1. The second kappa shape index (κ2) is 15.9. The van der Waals surface area contributed by atoms with Crippen LogP contribution >= 0.6 is 0 Å². The summed E-state index contributed by atoms with van der Waals surface area (Å²) in [7, 11) is 2.94. The molecule has 8 heteroatoms. The summed E-state index contributed by atoms with van der Waals surface area (Å²) in [6.07, 6.45) is 1.51. The molecule has 0 fully saturated rings. The number of hydrogen-bond donors (Lipinski definition) is 1. The van der Waals surface area contributed by atoms with Crippen LogP contribution in [0.5, 0.6) is 11.5 Å². The molecule has 0 radical (unpaired) electrons. The summed E-state index contributed by atoms with van der Waals surface area (Å²) in [4.78, 5) is 40.5. The van der Waals surface area contributed by atoms with E-state index in [0.717, 1.165) is 17.7 Å². The lowest BCUT2D eigenvalue weighted by molar-refractivity contribution is -0.141. The predicted molar refractivity (Wildman–Crippen MR) is 172 cm³/mol. The molecule has 1 amide bonds. The summed E-state index contributed by atoms with van der Waals surface area (Å²) in [5.74, 6) is 0.762. The van der Waals surface area contributed by atoms with Crippen molar-refractivity contribution in [2.45, 2.75) is 32.2 Å². The second-order valence-corrected chi connectivity index (χ2v) is 10.2. The van der Waals surface area contributed by atoms with Crippen molar-refractivity contribution in [2.75, 3.05) is 37.6 Å². The number of hydrogen-bond acceptors (Lipinski definition) is 7. The average molecular weight is 595 g/mol. The molecular formula is C36H38N2O6. The molecule has 0 aromatic heterocycles. The van der Waals surface area contributed by atoms with Gasteiger partial charge in [-0.15, -0.1) is 0 Å². The van der Waals surface area contributed by atoms with Gasteiger partial charge in [0.05, 0.1) is 20.8 Å². The number of anilines is 2. The Labute approximate surface area is 258 Å². The van der Waals surface area contributed by atoms with Gasteiger partial charge in [-0.25, -0.2) is 4.79 Å². The Bertz CT molecular complexity index is 1540. The average Bonchev–Trinajstić information content (AvgIpc) is 3.07. The summed E-state index contributed by atoms with van der Waals surface area (Å²) >= 11 is 0. The lowest BCUT2D eigenvalue weighted by atomic mass is 10.00. The molecule has 4 aromatic carbocycles. The van der Waals surface area contributed by atoms with Crippen LogP contribution in [0.3, 0.4) is 0 Å². The Morgan fingerprint density at radius 2 is 1.55 bits per heavy atom. The molecule has 44 heavy (non-hydrogen) atoms. The number of ketones is 1. The number of carbonyl (C=O) groups is 3. The molecule has 8 nitrogen and oxygen atoms in total. The quantitative estimate of drug-likeness (QED) is 0.127. The van der Waals surface area contributed by atoms with E-state index in [2.05, 4.69) is 5.32 Å². The van der Waals surface area contributed by atoms with E-state index in [1.54, 1.807) is 42.3 Å². The Balaban J connectivity index is 1.41. The predicted octanol–water partition coefficient (Wildman–Crippen LogP) is 6.33. The molecule has 0 unspecified atom stereocenters. The van der Waals surface area contributed by atoms with Gasteiger partial charge >= 0.3 is 5.97 Å². The van der Waals surface area contributed by atoms with Crippen LogP contribution < -0.4 is 19.7 Å². The number of rotatable bonds is 15. The summed E-state index contributed by atoms with van der Waals surface area (Å²) in [5, 5.41) is 3.23. The van der Waals surface area contributed by atoms with E-state index in [1.165, 1.54) is 7.11 Å². The number of amides is 1. The Morgan fingerprint density at radius 1 is 0.818 bits per heavy atom. The highest BCUT2D eigenvalue weighted by molar-refractivity contribution is 6.12. The van der Waals surface area contributed by atoms with Crippen molar-refractivity contribution >= 4 is 29.0 Å². The molecule has 1 N–H and O–H groups in total. The summed E-state index contributed by atoms with van der Waals surface area (Å²) in [5.41, 5.74) is 3.22. The number of para-hydroxylation sites is 1. The van der Waals surface area contributed by atoms with Gasteiger partial charge in [-0.1, -0.05) is 67.6 Å². The van der Waals surface area contributed by atoms with Crippen molar-refractivity contribution in [2.24, 2.45) is 0 Å². The lowest BCUT2D eigenvalue weighted by Crippen LogP contribution is -2.34. The number of ether oxygens (including phenoxy) is 3. The largest absolute Gasteiger partial charge is 0.497 e. The zero-order chi connectivity index (χ0) is 31.3. The first-order valence-electron chi connectivity index (χ1n) is 14.6. The number of carbonyl (C=O) groups excluding carboxylic acids is 3. The molecule has 0 aliphatic heterocycles. The maximum Gasteiger partial charge on any atom is 0.328 e. The van der Waals surface area contributed by atoms with Crippen LogP contribution in [-0.4, -0.2) is 51.1 Å². The van der Waals surface area contributed by atoms with Crippen LogP contribution in [-0.2, 0) is 20.7 Å². The normalized spacial score (nSPS) is 11.2. The number of benzene rings is 4. The van der Waals surface area contributed by atoms with Crippen molar-refractivity contribution in [3.8, 4) is 11.5 Å². The standard InChI is InChI=1S/C36H38N2O6/c1-4-11-34(39)38(28-14-10-15-30(25-28)42-2)22-23-44-29-20-18-26(19-21-29)24-33(36(41)43-3)37-32-17-9-8-16-31(32)35(40)27-12-6-5-7-13-27/h5-10,12-21,25,33,37H,4,11,22-24H2,1-3H3/t33-/m0/s1. The van der Waals surface area contributed by atoms with E-state index in [1.807, 2.05) is 79.7 Å². The van der Waals surface area contributed by atoms with Gasteiger partial charge in [0.1, 0.15) is 24.1 Å². The van der Waals surface area contributed by atoms with Crippen molar-refractivity contribution in [3.05, 3.63) is 120 Å². The van der Waals surface area contributed by atoms with E-state index < -0.39 is 12.0 Å². The van der Waals surface area contributed by atoms with Gasteiger partial charge in [-0.3, -0.25) is 9.59 Å². The van der Waals surface area contributed by atoms with Crippen molar-refractivity contribution in [1.82, 2.24) is 0 Å². The highest BCUT2D eigenvalue weighted by Gasteiger charge is 2.23. The van der Waals surface area contributed by atoms with E-state index in [4.69, 9.17) is 14.2 Å². The van der Waals surface area contributed by atoms with Crippen molar-refractivity contribution in [1.29, 1.82) is 0 Å². The summed E-state index contributed by atoms with van der Waals surface area (Å²) < 4.78 is 16.4. The highest BCUT2D eigenvalue weighted by Crippen LogP contribution is 2.24. The fraction of sp³-hybridized carbons (Fsp3) is 0.250. The first-order chi connectivity index (χ1) is 21.4. The molecule has 4 rings (SSSR count). The minimum atomic E-state index is -0.725. The fourth-order valence-corrected chi connectivity index (χ4v) is 4.81. The van der Waals surface area contributed by atoms with E-state index in [-0.39, 0.29) is 11.7 Å². The maximum atomic E-state index is 13.2. The maximum absolute atomic E-state index is 13.2. The van der Waals surface area contributed by atoms with Gasteiger partial charge in [-0.2, -0.15) is 0 Å². The SMILES string of the molecule is CCCC(=O)N(CCOc1ccc(C[C@H](Nc2ccccc2C(=O)c2ccccc2)C(=O)OC)cc1)c1cccc(OC)c1. The fourth-order valence-electron chi connectivity index (χ4n) is 4.81. The third-order valence-electron chi connectivity index (χ3n) is 7.10. The third kappa shape index (κ3) is 8.47. The molecule has 4 aromatic rings. The lowest BCUT2D eigenvalue weighted by Gasteiger charge is -2.23. The van der Waals surface area contributed by atoms with E-state index in [0.29, 0.717) is 54.3 Å². The molecule has 0 heterocycles. The van der Waals surface area contributed by atoms with Crippen molar-refractivity contribution in [3.63, 3.8) is 0 Å². The van der Waals surface area contributed by atoms with Crippen molar-refractivity contribution < 1.29 is 28.6 Å². The minimum absolute atomic E-state index is 0.0214. The smallest absolute Gasteiger partial charge is 0.328 e. The minimum Gasteiger partial charge on any atom is -0.497 e. The van der Waals surface area contributed by atoms with Crippen LogP contribution in [0.2, 0.25) is 0 Å². The highest BCUT2D eigenvalue weighted by atomic mass is 16.5. The first kappa shape index (κ1) is 31.8. The molecule has 0 spiro atoms. The first-order valence-corrected chi connectivity index (χ1v) is 14.6. The molecule has 0 aliphatic carbocycles. The number of esters is 1. The summed E-state index contributed by atoms with van der Waals surface area (Å²) in [6, 6.07) is 30.3. The molecule has 0 aliphatic rings. The Morgan fingerprint density at radius 3 is 2.25 bits per heavy atom. The van der Waals surface area contributed by atoms with Crippen LogP contribution in [0.25, 0.3) is 0 Å². The van der Waals surface area contributed by atoms with Crippen LogP contribution in [0.4, 0.5) is 11.4 Å². The molecule has 1 atom stereocenters. The third-order valence-corrected chi connectivity index (χ3v) is 7.10. The van der Waals surface area contributed by atoms with Gasteiger partial charge in [0, 0.05) is 41.4 Å².